The summed E-state index contributed by atoms with van der Waals surface area (Å²) in [6.07, 6.45) is 0. The van der Waals surface area contributed by atoms with Crippen LogP contribution in [0.25, 0.3) is 0 Å². The summed E-state index contributed by atoms with van der Waals surface area (Å²) in [7, 11) is 1.92. The molecule has 6 heteroatoms. The lowest BCUT2D eigenvalue weighted by atomic mass is 10.2. The Morgan fingerprint density at radius 2 is 2.24 bits per heavy atom. The van der Waals surface area contributed by atoms with E-state index in [0.717, 1.165) is 21.8 Å². The smallest absolute Gasteiger partial charge is 0.191 e. The number of benzene rings is 1. The van der Waals surface area contributed by atoms with E-state index in [9.17, 15) is 0 Å². The quantitative estimate of drug-likeness (QED) is 0.864. The summed E-state index contributed by atoms with van der Waals surface area (Å²) < 4.78 is 1.91. The van der Waals surface area contributed by atoms with Crippen LogP contribution in [0, 0.1) is 0 Å². The van der Waals surface area contributed by atoms with Gasteiger partial charge >= 0.3 is 0 Å². The molecule has 0 aliphatic carbocycles. The minimum atomic E-state index is 0.404. The van der Waals surface area contributed by atoms with Crippen molar-refractivity contribution in [3.8, 4) is 0 Å². The topological polar surface area (TPSA) is 56.7 Å². The van der Waals surface area contributed by atoms with Crippen LogP contribution < -0.4 is 5.73 Å². The molecule has 0 atom stereocenters. The molecule has 17 heavy (non-hydrogen) atoms. The van der Waals surface area contributed by atoms with E-state index >= 15 is 0 Å². The highest BCUT2D eigenvalue weighted by Gasteiger charge is 2.07. The van der Waals surface area contributed by atoms with Crippen LogP contribution in [-0.2, 0) is 19.3 Å². The van der Waals surface area contributed by atoms with Gasteiger partial charge in [-0.2, -0.15) is 0 Å². The zero-order valence-electron chi connectivity index (χ0n) is 9.43. The molecule has 90 valence electrons. The van der Waals surface area contributed by atoms with Crippen LogP contribution in [0.5, 0.6) is 0 Å². The molecule has 1 heterocycles. The van der Waals surface area contributed by atoms with Crippen LogP contribution in [0.3, 0.4) is 0 Å². The van der Waals surface area contributed by atoms with Gasteiger partial charge in [0.25, 0.3) is 0 Å². The Morgan fingerprint density at radius 1 is 1.41 bits per heavy atom. The normalized spacial score (nSPS) is 10.8. The number of rotatable bonds is 4. The monoisotopic (exact) mass is 268 g/mol. The third-order valence-electron chi connectivity index (χ3n) is 2.36. The maximum Gasteiger partial charge on any atom is 0.191 e. The fourth-order valence-electron chi connectivity index (χ4n) is 1.42. The lowest BCUT2D eigenvalue weighted by Crippen LogP contribution is -2.05. The molecule has 2 rings (SSSR count). The third-order valence-corrected chi connectivity index (χ3v) is 3.69. The Kier molecular flexibility index (Phi) is 4.04. The fourth-order valence-corrected chi connectivity index (χ4v) is 2.51. The lowest BCUT2D eigenvalue weighted by molar-refractivity contribution is 0.734. The second kappa shape index (κ2) is 5.53. The van der Waals surface area contributed by atoms with E-state index < -0.39 is 0 Å². The highest BCUT2D eigenvalue weighted by Crippen LogP contribution is 2.22. The molecule has 0 fully saturated rings. The maximum absolute atomic E-state index is 5.93. The molecule has 0 saturated carbocycles. The van der Waals surface area contributed by atoms with E-state index in [1.807, 2.05) is 35.9 Å². The zero-order chi connectivity index (χ0) is 12.3. The number of hydrogen-bond acceptors (Lipinski definition) is 4. The van der Waals surface area contributed by atoms with Gasteiger partial charge in [-0.25, -0.2) is 0 Å². The Morgan fingerprint density at radius 3 is 2.88 bits per heavy atom. The molecule has 0 saturated heterocycles. The molecule has 0 amide bonds. The Bertz CT molecular complexity index is 512. The molecular weight excluding hydrogens is 256 g/mol. The molecule has 0 bridgehead atoms. The van der Waals surface area contributed by atoms with Crippen molar-refractivity contribution in [1.29, 1.82) is 0 Å². The van der Waals surface area contributed by atoms with Gasteiger partial charge < -0.3 is 10.3 Å². The first-order valence-electron chi connectivity index (χ1n) is 5.16. The van der Waals surface area contributed by atoms with Crippen LogP contribution in [0.1, 0.15) is 11.4 Å². The molecule has 1 aromatic heterocycles. The fraction of sp³-hybridized carbons (Fsp3) is 0.273. The SMILES string of the molecule is Cn1c(CN)nnc1SCc1cccc(Cl)c1. The van der Waals surface area contributed by atoms with Crippen LogP contribution in [0.2, 0.25) is 5.02 Å². The lowest BCUT2D eigenvalue weighted by Gasteiger charge is -2.03. The van der Waals surface area contributed by atoms with Crippen molar-refractivity contribution in [1.82, 2.24) is 14.8 Å². The van der Waals surface area contributed by atoms with Gasteiger partial charge in [0.2, 0.25) is 0 Å². The van der Waals surface area contributed by atoms with Crippen LogP contribution in [0.4, 0.5) is 0 Å². The highest BCUT2D eigenvalue weighted by molar-refractivity contribution is 7.98. The predicted octanol–water partition coefficient (Wildman–Crippen LogP) is 2.22. The van der Waals surface area contributed by atoms with Crippen molar-refractivity contribution in [2.24, 2.45) is 12.8 Å². The third kappa shape index (κ3) is 3.00. The van der Waals surface area contributed by atoms with Crippen molar-refractivity contribution >= 4 is 23.4 Å². The van der Waals surface area contributed by atoms with E-state index in [0.29, 0.717) is 6.54 Å². The number of thioether (sulfide) groups is 1. The Balaban J connectivity index is 2.05. The second-order valence-corrected chi connectivity index (χ2v) is 4.96. The van der Waals surface area contributed by atoms with Gasteiger partial charge in [0.1, 0.15) is 5.82 Å². The summed E-state index contributed by atoms with van der Waals surface area (Å²) in [5, 5.41) is 9.71. The van der Waals surface area contributed by atoms with Gasteiger partial charge in [-0.05, 0) is 17.7 Å². The number of aromatic nitrogens is 3. The van der Waals surface area contributed by atoms with Crippen molar-refractivity contribution in [2.45, 2.75) is 17.5 Å². The van der Waals surface area contributed by atoms with Gasteiger partial charge in [0.15, 0.2) is 5.16 Å². The van der Waals surface area contributed by atoms with Crippen molar-refractivity contribution in [2.75, 3.05) is 0 Å². The van der Waals surface area contributed by atoms with E-state index in [1.54, 1.807) is 11.8 Å². The Hall–Kier alpha value is -1.04. The average molecular weight is 269 g/mol. The summed E-state index contributed by atoms with van der Waals surface area (Å²) in [5.74, 6) is 1.61. The zero-order valence-corrected chi connectivity index (χ0v) is 11.0. The molecule has 0 aliphatic heterocycles. The first-order valence-corrected chi connectivity index (χ1v) is 6.52. The molecule has 2 N–H and O–H groups in total. The van der Waals surface area contributed by atoms with Crippen molar-refractivity contribution in [3.05, 3.63) is 40.7 Å². The highest BCUT2D eigenvalue weighted by atomic mass is 35.5. The first-order chi connectivity index (χ1) is 8.20. The van der Waals surface area contributed by atoms with E-state index in [-0.39, 0.29) is 0 Å². The van der Waals surface area contributed by atoms with Gasteiger partial charge in [0.05, 0.1) is 6.54 Å². The molecule has 1 aromatic carbocycles. The molecule has 2 aromatic rings. The minimum absolute atomic E-state index is 0.404. The molecule has 4 nitrogen and oxygen atoms in total. The molecular formula is C11H13ClN4S. The molecule has 0 radical (unpaired) electrons. The van der Waals surface area contributed by atoms with Gasteiger partial charge in [-0.3, -0.25) is 0 Å². The van der Waals surface area contributed by atoms with Gasteiger partial charge in [0, 0.05) is 17.8 Å². The summed E-state index contributed by atoms with van der Waals surface area (Å²) in [6.45, 7) is 0.404. The average Bonchev–Trinajstić information content (AvgIpc) is 2.67. The number of nitrogens with zero attached hydrogens (tertiary/aromatic N) is 3. The summed E-state index contributed by atoms with van der Waals surface area (Å²) in [4.78, 5) is 0. The van der Waals surface area contributed by atoms with E-state index in [1.165, 1.54) is 5.56 Å². The van der Waals surface area contributed by atoms with Crippen molar-refractivity contribution < 1.29 is 0 Å². The standard InChI is InChI=1S/C11H13ClN4S/c1-16-10(6-13)14-15-11(16)17-7-8-3-2-4-9(12)5-8/h2-5H,6-7,13H2,1H3. The van der Waals surface area contributed by atoms with Crippen LogP contribution >= 0.6 is 23.4 Å². The van der Waals surface area contributed by atoms with Gasteiger partial charge in [-0.1, -0.05) is 35.5 Å². The first kappa shape index (κ1) is 12.4. The predicted molar refractivity (Wildman–Crippen MR) is 69.9 cm³/mol. The Labute approximate surface area is 109 Å². The summed E-state index contributed by atoms with van der Waals surface area (Å²) >= 11 is 7.55. The number of hydrogen-bond donors (Lipinski definition) is 1. The van der Waals surface area contributed by atoms with Crippen LogP contribution in [-0.4, -0.2) is 14.8 Å². The molecule has 0 aliphatic rings. The van der Waals surface area contributed by atoms with E-state index in [4.69, 9.17) is 17.3 Å². The van der Waals surface area contributed by atoms with Crippen LogP contribution in [0.15, 0.2) is 29.4 Å². The molecule has 0 unspecified atom stereocenters. The largest absolute Gasteiger partial charge is 0.324 e. The maximum atomic E-state index is 5.93. The molecule has 0 spiro atoms. The number of nitrogens with two attached hydrogens (primary N) is 1. The van der Waals surface area contributed by atoms with Gasteiger partial charge in [-0.15, -0.1) is 10.2 Å². The second-order valence-electron chi connectivity index (χ2n) is 3.58. The van der Waals surface area contributed by atoms with Crippen molar-refractivity contribution in [3.63, 3.8) is 0 Å². The minimum Gasteiger partial charge on any atom is -0.324 e. The number of halogens is 1. The van der Waals surface area contributed by atoms with E-state index in [2.05, 4.69) is 10.2 Å². The summed E-state index contributed by atoms with van der Waals surface area (Å²) in [6, 6.07) is 7.80. The summed E-state index contributed by atoms with van der Waals surface area (Å²) in [5.41, 5.74) is 6.71.